The highest BCUT2D eigenvalue weighted by molar-refractivity contribution is 6.32. The Morgan fingerprint density at radius 1 is 1.53 bits per heavy atom. The summed E-state index contributed by atoms with van der Waals surface area (Å²) in [6, 6.07) is 7.81. The molecule has 0 radical (unpaired) electrons. The second-order valence-electron chi connectivity index (χ2n) is 3.48. The van der Waals surface area contributed by atoms with Crippen molar-refractivity contribution in [3.8, 4) is 6.07 Å². The van der Waals surface area contributed by atoms with Crippen LogP contribution in [0.1, 0.15) is 12.0 Å². The van der Waals surface area contributed by atoms with E-state index >= 15 is 0 Å². The van der Waals surface area contributed by atoms with Crippen molar-refractivity contribution in [3.63, 3.8) is 0 Å². The van der Waals surface area contributed by atoms with Gasteiger partial charge in [0.25, 0.3) is 0 Å². The monoisotopic (exact) mass is 222 g/mol. The summed E-state index contributed by atoms with van der Waals surface area (Å²) >= 11 is 5.92. The minimum Gasteiger partial charge on any atom is -0.379 e. The first-order chi connectivity index (χ1) is 7.31. The normalized spacial score (nSPS) is 19.9. The van der Waals surface area contributed by atoms with Gasteiger partial charge in [0, 0.05) is 6.61 Å². The van der Waals surface area contributed by atoms with Crippen LogP contribution in [0, 0.1) is 11.3 Å². The number of hydrogen-bond acceptors (Lipinski definition) is 3. The van der Waals surface area contributed by atoms with Gasteiger partial charge in [-0.3, -0.25) is 0 Å². The lowest BCUT2D eigenvalue weighted by Crippen LogP contribution is -2.19. The Balaban J connectivity index is 2.20. The molecule has 78 valence electrons. The quantitative estimate of drug-likeness (QED) is 0.836. The Hall–Kier alpha value is -1.24. The van der Waals surface area contributed by atoms with Crippen molar-refractivity contribution in [1.82, 2.24) is 0 Å². The van der Waals surface area contributed by atoms with Gasteiger partial charge in [-0.05, 0) is 18.6 Å². The van der Waals surface area contributed by atoms with Gasteiger partial charge in [-0.2, -0.15) is 5.26 Å². The van der Waals surface area contributed by atoms with Gasteiger partial charge in [0.2, 0.25) is 0 Å². The predicted octanol–water partition coefficient (Wildman–Crippen LogP) is 2.41. The maximum atomic E-state index is 8.97. The molecule has 0 aliphatic carbocycles. The Morgan fingerprint density at radius 2 is 2.40 bits per heavy atom. The van der Waals surface area contributed by atoms with Gasteiger partial charge in [-0.1, -0.05) is 17.7 Å². The zero-order valence-corrected chi connectivity index (χ0v) is 8.92. The van der Waals surface area contributed by atoms with Crippen LogP contribution >= 0.6 is 11.6 Å². The Bertz CT molecular complexity index is 394. The number of ether oxygens (including phenoxy) is 1. The van der Waals surface area contributed by atoms with Crippen LogP contribution in [0.15, 0.2) is 18.2 Å². The maximum Gasteiger partial charge on any atom is 0.103 e. The van der Waals surface area contributed by atoms with Crippen molar-refractivity contribution in [2.24, 2.45) is 0 Å². The average Bonchev–Trinajstić information content (AvgIpc) is 2.71. The number of nitrogens with zero attached hydrogens (tertiary/aromatic N) is 1. The van der Waals surface area contributed by atoms with E-state index in [0.29, 0.717) is 17.2 Å². The molecule has 1 aliphatic rings. The minimum absolute atomic E-state index is 0.288. The van der Waals surface area contributed by atoms with E-state index in [1.54, 1.807) is 6.07 Å². The van der Waals surface area contributed by atoms with Crippen molar-refractivity contribution in [2.75, 3.05) is 18.5 Å². The summed E-state index contributed by atoms with van der Waals surface area (Å²) in [5.41, 5.74) is 1.30. The highest BCUT2D eigenvalue weighted by atomic mass is 35.5. The van der Waals surface area contributed by atoms with Crippen LogP contribution in [0.3, 0.4) is 0 Å². The van der Waals surface area contributed by atoms with Crippen LogP contribution < -0.4 is 5.32 Å². The highest BCUT2D eigenvalue weighted by Gasteiger charge is 2.17. The summed E-state index contributed by atoms with van der Waals surface area (Å²) in [5.74, 6) is 0. The van der Waals surface area contributed by atoms with E-state index in [1.165, 1.54) is 0 Å². The molecule has 15 heavy (non-hydrogen) atoms. The minimum atomic E-state index is 0.288. The topological polar surface area (TPSA) is 45.0 Å². The standard InChI is InChI=1S/C11H11ClN2O/c12-10-2-1-3-11(9(10)6-13)14-8-4-5-15-7-8/h1-3,8,14H,4-5,7H2. The van der Waals surface area contributed by atoms with Crippen molar-refractivity contribution in [1.29, 1.82) is 5.26 Å². The van der Waals surface area contributed by atoms with Crippen LogP contribution in [0.2, 0.25) is 5.02 Å². The molecule has 1 aromatic rings. The number of halogens is 1. The lowest BCUT2D eigenvalue weighted by molar-refractivity contribution is 0.195. The molecule has 4 heteroatoms. The molecule has 1 saturated heterocycles. The summed E-state index contributed by atoms with van der Waals surface area (Å²) < 4.78 is 5.25. The summed E-state index contributed by atoms with van der Waals surface area (Å²) in [5, 5.41) is 12.7. The Labute approximate surface area is 93.6 Å². The first-order valence-electron chi connectivity index (χ1n) is 4.84. The number of benzene rings is 1. The molecule has 0 saturated carbocycles. The molecule has 1 heterocycles. The molecule has 1 atom stereocenters. The van der Waals surface area contributed by atoms with Crippen molar-refractivity contribution >= 4 is 17.3 Å². The van der Waals surface area contributed by atoms with E-state index in [2.05, 4.69) is 11.4 Å². The fourth-order valence-electron chi connectivity index (χ4n) is 1.63. The number of nitrogens with one attached hydrogen (secondary N) is 1. The third-order valence-corrected chi connectivity index (χ3v) is 2.73. The first-order valence-corrected chi connectivity index (χ1v) is 5.22. The lowest BCUT2D eigenvalue weighted by Gasteiger charge is -2.13. The molecule has 1 N–H and O–H groups in total. The predicted molar refractivity (Wildman–Crippen MR) is 59.0 cm³/mol. The molecule has 0 bridgehead atoms. The SMILES string of the molecule is N#Cc1c(Cl)cccc1NC1CCOC1. The van der Waals surface area contributed by atoms with Gasteiger partial charge in [0.15, 0.2) is 0 Å². The summed E-state index contributed by atoms with van der Waals surface area (Å²) in [4.78, 5) is 0. The van der Waals surface area contributed by atoms with Gasteiger partial charge < -0.3 is 10.1 Å². The van der Waals surface area contributed by atoms with E-state index < -0.39 is 0 Å². The average molecular weight is 223 g/mol. The van der Waals surface area contributed by atoms with Crippen molar-refractivity contribution < 1.29 is 4.74 Å². The van der Waals surface area contributed by atoms with Gasteiger partial charge in [-0.15, -0.1) is 0 Å². The third kappa shape index (κ3) is 2.23. The molecule has 0 aromatic heterocycles. The highest BCUT2D eigenvalue weighted by Crippen LogP contribution is 2.24. The van der Waals surface area contributed by atoms with Crippen LogP contribution in [-0.2, 0) is 4.74 Å². The van der Waals surface area contributed by atoms with Crippen LogP contribution in [0.25, 0.3) is 0 Å². The molecule has 3 nitrogen and oxygen atoms in total. The van der Waals surface area contributed by atoms with Crippen LogP contribution in [-0.4, -0.2) is 19.3 Å². The number of anilines is 1. The summed E-state index contributed by atoms with van der Waals surface area (Å²) in [6.07, 6.45) is 0.970. The van der Waals surface area contributed by atoms with Crippen molar-refractivity contribution in [2.45, 2.75) is 12.5 Å². The molecule has 1 aliphatic heterocycles. The maximum absolute atomic E-state index is 8.97. The van der Waals surface area contributed by atoms with Gasteiger partial charge in [-0.25, -0.2) is 0 Å². The van der Waals surface area contributed by atoms with E-state index in [9.17, 15) is 0 Å². The number of nitriles is 1. The van der Waals surface area contributed by atoms with E-state index in [0.717, 1.165) is 18.7 Å². The van der Waals surface area contributed by atoms with Gasteiger partial charge in [0.1, 0.15) is 6.07 Å². The van der Waals surface area contributed by atoms with Crippen LogP contribution in [0.4, 0.5) is 5.69 Å². The fraction of sp³-hybridized carbons (Fsp3) is 0.364. The zero-order chi connectivity index (χ0) is 10.7. The Morgan fingerprint density at radius 3 is 3.07 bits per heavy atom. The van der Waals surface area contributed by atoms with E-state index in [-0.39, 0.29) is 6.04 Å². The molecule has 0 amide bonds. The number of rotatable bonds is 2. The summed E-state index contributed by atoms with van der Waals surface area (Å²) in [7, 11) is 0. The van der Waals surface area contributed by atoms with Gasteiger partial charge in [0.05, 0.1) is 28.9 Å². The second-order valence-corrected chi connectivity index (χ2v) is 3.89. The molecule has 1 fully saturated rings. The number of hydrogen-bond donors (Lipinski definition) is 1. The molecule has 2 rings (SSSR count). The van der Waals surface area contributed by atoms with Crippen LogP contribution in [0.5, 0.6) is 0 Å². The third-order valence-electron chi connectivity index (χ3n) is 2.41. The molecular weight excluding hydrogens is 212 g/mol. The summed E-state index contributed by atoms with van der Waals surface area (Å²) in [6.45, 7) is 1.47. The molecule has 0 spiro atoms. The molecular formula is C11H11ClN2O. The zero-order valence-electron chi connectivity index (χ0n) is 8.16. The van der Waals surface area contributed by atoms with Crippen molar-refractivity contribution in [3.05, 3.63) is 28.8 Å². The van der Waals surface area contributed by atoms with Gasteiger partial charge >= 0.3 is 0 Å². The Kier molecular flexibility index (Phi) is 3.10. The largest absolute Gasteiger partial charge is 0.379 e. The molecule has 1 aromatic carbocycles. The second kappa shape index (κ2) is 4.52. The first kappa shape index (κ1) is 10.3. The molecule has 1 unspecified atom stereocenters. The lowest BCUT2D eigenvalue weighted by atomic mass is 10.1. The fourth-order valence-corrected chi connectivity index (χ4v) is 1.84. The van der Waals surface area contributed by atoms with E-state index in [4.69, 9.17) is 21.6 Å². The smallest absolute Gasteiger partial charge is 0.103 e. The van der Waals surface area contributed by atoms with E-state index in [1.807, 2.05) is 12.1 Å².